The lowest BCUT2D eigenvalue weighted by molar-refractivity contribution is -0.118. The number of anilines is 2. The zero-order valence-corrected chi connectivity index (χ0v) is 14.4. The Hall–Kier alpha value is -1.60. The summed E-state index contributed by atoms with van der Waals surface area (Å²) in [7, 11) is 0. The molecule has 1 amide bonds. The van der Waals surface area contributed by atoms with Crippen molar-refractivity contribution in [1.82, 2.24) is 15.5 Å². The molecule has 0 saturated heterocycles. The quantitative estimate of drug-likeness (QED) is 0.569. The molecule has 1 aromatic carbocycles. The number of para-hydroxylation sites is 1. The lowest BCUT2D eigenvalue weighted by atomic mass is 10.2. The number of thioether (sulfide) groups is 1. The molecule has 1 heterocycles. The van der Waals surface area contributed by atoms with Crippen molar-refractivity contribution in [2.45, 2.75) is 31.0 Å². The Morgan fingerprint density at radius 3 is 2.91 bits per heavy atom. The van der Waals surface area contributed by atoms with E-state index in [0.717, 1.165) is 40.1 Å². The summed E-state index contributed by atoms with van der Waals surface area (Å²) >= 11 is 2.87. The Balaban J connectivity index is 1.82. The highest BCUT2D eigenvalue weighted by Crippen LogP contribution is 2.28. The van der Waals surface area contributed by atoms with E-state index in [2.05, 4.69) is 27.8 Å². The highest BCUT2D eigenvalue weighted by molar-refractivity contribution is 8.01. The van der Waals surface area contributed by atoms with Crippen molar-refractivity contribution >= 4 is 39.8 Å². The van der Waals surface area contributed by atoms with E-state index >= 15 is 0 Å². The molecule has 0 spiro atoms. The van der Waals surface area contributed by atoms with Crippen molar-refractivity contribution < 1.29 is 4.79 Å². The monoisotopic (exact) mass is 336 g/mol. The third-order valence-corrected chi connectivity index (χ3v) is 4.94. The van der Waals surface area contributed by atoms with Gasteiger partial charge in [0.1, 0.15) is 0 Å². The van der Waals surface area contributed by atoms with Crippen molar-refractivity contribution in [2.24, 2.45) is 0 Å². The first-order valence-corrected chi connectivity index (χ1v) is 9.05. The number of aryl methyl sites for hydroxylation is 1. The number of benzene rings is 1. The summed E-state index contributed by atoms with van der Waals surface area (Å²) in [5.74, 6) is 0.421. The van der Waals surface area contributed by atoms with Crippen LogP contribution < -0.4 is 10.6 Å². The topological polar surface area (TPSA) is 66.9 Å². The molecule has 0 aliphatic rings. The molecule has 1 aromatic heterocycles. The molecule has 0 aliphatic heterocycles. The van der Waals surface area contributed by atoms with Crippen LogP contribution in [0.1, 0.15) is 25.3 Å². The van der Waals surface area contributed by atoms with E-state index in [1.807, 2.05) is 31.2 Å². The van der Waals surface area contributed by atoms with Crippen LogP contribution in [-0.4, -0.2) is 28.4 Å². The van der Waals surface area contributed by atoms with E-state index in [1.165, 1.54) is 23.1 Å². The summed E-state index contributed by atoms with van der Waals surface area (Å²) in [5, 5.41) is 15.1. The minimum atomic E-state index is 0.0436. The zero-order valence-electron chi connectivity index (χ0n) is 12.8. The number of carbonyl (C=O) groups excluding carboxylic acids is 1. The van der Waals surface area contributed by atoms with Crippen molar-refractivity contribution in [2.75, 3.05) is 17.6 Å². The SMILES string of the molecule is CCCCNC(=O)CSc1nnc(Nc2ccccc2C)s1. The largest absolute Gasteiger partial charge is 0.355 e. The van der Waals surface area contributed by atoms with Crippen LogP contribution in [0.3, 0.4) is 0 Å². The number of rotatable bonds is 8. The predicted octanol–water partition coefficient (Wildman–Crippen LogP) is 3.60. The normalized spacial score (nSPS) is 10.5. The lowest BCUT2D eigenvalue weighted by Crippen LogP contribution is -2.25. The van der Waals surface area contributed by atoms with Gasteiger partial charge >= 0.3 is 0 Å². The van der Waals surface area contributed by atoms with E-state index in [9.17, 15) is 4.79 Å². The van der Waals surface area contributed by atoms with Crippen molar-refractivity contribution in [3.8, 4) is 0 Å². The molecule has 5 nitrogen and oxygen atoms in total. The van der Waals surface area contributed by atoms with Crippen LogP contribution in [0.2, 0.25) is 0 Å². The zero-order chi connectivity index (χ0) is 15.8. The molecule has 2 rings (SSSR count). The molecule has 0 unspecified atom stereocenters. The van der Waals surface area contributed by atoms with Gasteiger partial charge in [0.05, 0.1) is 5.75 Å². The van der Waals surface area contributed by atoms with Gasteiger partial charge in [0.25, 0.3) is 0 Å². The Kier molecular flexibility index (Phi) is 6.67. The number of carbonyl (C=O) groups is 1. The Bertz CT molecular complexity index is 615. The maximum atomic E-state index is 11.6. The molecule has 22 heavy (non-hydrogen) atoms. The minimum Gasteiger partial charge on any atom is -0.355 e. The second kappa shape index (κ2) is 8.75. The summed E-state index contributed by atoms with van der Waals surface area (Å²) in [4.78, 5) is 11.6. The van der Waals surface area contributed by atoms with Crippen LogP contribution in [-0.2, 0) is 4.79 Å². The average molecular weight is 336 g/mol. The van der Waals surface area contributed by atoms with E-state index < -0.39 is 0 Å². The molecule has 2 aromatic rings. The van der Waals surface area contributed by atoms with Gasteiger partial charge < -0.3 is 10.6 Å². The smallest absolute Gasteiger partial charge is 0.230 e. The highest BCUT2D eigenvalue weighted by Gasteiger charge is 2.08. The van der Waals surface area contributed by atoms with Crippen molar-refractivity contribution in [3.63, 3.8) is 0 Å². The first kappa shape index (κ1) is 16.8. The minimum absolute atomic E-state index is 0.0436. The fraction of sp³-hybridized carbons (Fsp3) is 0.400. The first-order chi connectivity index (χ1) is 10.7. The number of unbranched alkanes of at least 4 members (excludes halogenated alkanes) is 1. The molecule has 2 N–H and O–H groups in total. The van der Waals surface area contributed by atoms with Crippen molar-refractivity contribution in [1.29, 1.82) is 0 Å². The maximum absolute atomic E-state index is 11.6. The number of amides is 1. The standard InChI is InChI=1S/C15H20N4OS2/c1-3-4-9-16-13(20)10-21-15-19-18-14(22-15)17-12-8-6-5-7-11(12)2/h5-8H,3-4,9-10H2,1-2H3,(H,16,20)(H,17,18). The van der Waals surface area contributed by atoms with Gasteiger partial charge in [-0.2, -0.15) is 0 Å². The molecule has 7 heteroatoms. The van der Waals surface area contributed by atoms with Gasteiger partial charge in [-0.05, 0) is 25.0 Å². The molecule has 0 bridgehead atoms. The van der Waals surface area contributed by atoms with E-state index in [1.54, 1.807) is 0 Å². The second-order valence-corrected chi connectivity index (χ2v) is 7.01. The fourth-order valence-electron chi connectivity index (χ4n) is 1.73. The van der Waals surface area contributed by atoms with Crippen molar-refractivity contribution in [3.05, 3.63) is 29.8 Å². The Morgan fingerprint density at radius 2 is 2.14 bits per heavy atom. The predicted molar refractivity (Wildman–Crippen MR) is 93.0 cm³/mol. The number of aromatic nitrogens is 2. The van der Waals surface area contributed by atoms with Crippen LogP contribution in [0, 0.1) is 6.92 Å². The molecule has 118 valence electrons. The van der Waals surface area contributed by atoms with Crippen LogP contribution in [0.15, 0.2) is 28.6 Å². The lowest BCUT2D eigenvalue weighted by Gasteiger charge is -2.04. The van der Waals surface area contributed by atoms with Crippen LogP contribution in [0.25, 0.3) is 0 Å². The average Bonchev–Trinajstić information content (AvgIpc) is 2.95. The van der Waals surface area contributed by atoms with E-state index in [0.29, 0.717) is 5.75 Å². The van der Waals surface area contributed by atoms with Gasteiger partial charge in [-0.1, -0.05) is 54.6 Å². The number of hydrogen-bond donors (Lipinski definition) is 2. The second-order valence-electron chi connectivity index (χ2n) is 4.81. The number of hydrogen-bond acceptors (Lipinski definition) is 6. The van der Waals surface area contributed by atoms with Crippen LogP contribution in [0.4, 0.5) is 10.8 Å². The Morgan fingerprint density at radius 1 is 1.32 bits per heavy atom. The molecule has 0 radical (unpaired) electrons. The molecule has 0 aliphatic carbocycles. The van der Waals surface area contributed by atoms with Crippen LogP contribution in [0.5, 0.6) is 0 Å². The molecule has 0 saturated carbocycles. The number of nitrogens with one attached hydrogen (secondary N) is 2. The molecular weight excluding hydrogens is 316 g/mol. The van der Waals surface area contributed by atoms with Gasteiger partial charge in [0, 0.05) is 12.2 Å². The summed E-state index contributed by atoms with van der Waals surface area (Å²) in [5.41, 5.74) is 2.18. The van der Waals surface area contributed by atoms with Gasteiger partial charge in [0.15, 0.2) is 4.34 Å². The summed E-state index contributed by atoms with van der Waals surface area (Å²) < 4.78 is 0.793. The summed E-state index contributed by atoms with van der Waals surface area (Å²) in [6.45, 7) is 4.89. The third kappa shape index (κ3) is 5.31. The fourth-order valence-corrected chi connectivity index (χ4v) is 3.32. The summed E-state index contributed by atoms with van der Waals surface area (Å²) in [6, 6.07) is 8.02. The first-order valence-electron chi connectivity index (χ1n) is 7.24. The van der Waals surface area contributed by atoms with Gasteiger partial charge in [-0.3, -0.25) is 4.79 Å². The van der Waals surface area contributed by atoms with Gasteiger partial charge in [-0.25, -0.2) is 0 Å². The van der Waals surface area contributed by atoms with Gasteiger partial charge in [-0.15, -0.1) is 10.2 Å². The molecule has 0 atom stereocenters. The molecular formula is C15H20N4OS2. The van der Waals surface area contributed by atoms with Gasteiger partial charge in [0.2, 0.25) is 11.0 Å². The van der Waals surface area contributed by atoms with Crippen LogP contribution >= 0.6 is 23.1 Å². The maximum Gasteiger partial charge on any atom is 0.230 e. The van der Waals surface area contributed by atoms with E-state index in [-0.39, 0.29) is 5.91 Å². The Labute approximate surface area is 138 Å². The number of nitrogens with zero attached hydrogens (tertiary/aromatic N) is 2. The summed E-state index contributed by atoms with van der Waals surface area (Å²) in [6.07, 6.45) is 2.09. The third-order valence-electron chi connectivity index (χ3n) is 2.97. The highest BCUT2D eigenvalue weighted by atomic mass is 32.2. The molecule has 0 fully saturated rings. The van der Waals surface area contributed by atoms with E-state index in [4.69, 9.17) is 0 Å².